The van der Waals surface area contributed by atoms with Crippen LogP contribution in [0.5, 0.6) is 0 Å². The van der Waals surface area contributed by atoms with Crippen molar-refractivity contribution in [2.45, 2.75) is 25.8 Å². The molecule has 0 aliphatic rings. The van der Waals surface area contributed by atoms with E-state index in [-0.39, 0.29) is 6.04 Å². The maximum atomic E-state index is 5.79. The predicted molar refractivity (Wildman–Crippen MR) is 82.5 cm³/mol. The molecule has 1 atom stereocenters. The Morgan fingerprint density at radius 3 is 2.95 bits per heavy atom. The zero-order valence-corrected chi connectivity index (χ0v) is 11.9. The summed E-state index contributed by atoms with van der Waals surface area (Å²) in [7, 11) is 2.07. The summed E-state index contributed by atoms with van der Waals surface area (Å²) < 4.78 is 2.15. The van der Waals surface area contributed by atoms with Gasteiger partial charge in [-0.15, -0.1) is 0 Å². The monoisotopic (exact) mass is 268 g/mol. The number of hydrogen-bond acceptors (Lipinski definition) is 2. The van der Waals surface area contributed by atoms with Crippen molar-refractivity contribution in [2.24, 2.45) is 12.8 Å². The highest BCUT2D eigenvalue weighted by atomic mass is 14.9. The minimum absolute atomic E-state index is 0.209. The summed E-state index contributed by atoms with van der Waals surface area (Å²) in [6, 6.07) is 8.62. The second-order valence-electron chi connectivity index (χ2n) is 5.43. The predicted octanol–water partition coefficient (Wildman–Crippen LogP) is 2.85. The number of aryl methyl sites for hydroxylation is 2. The molecule has 0 fully saturated rings. The molecule has 0 radical (unpaired) electrons. The van der Waals surface area contributed by atoms with Gasteiger partial charge < -0.3 is 15.3 Å². The Hall–Kier alpha value is -2.07. The molecule has 0 saturated carbocycles. The van der Waals surface area contributed by atoms with Crippen molar-refractivity contribution < 1.29 is 0 Å². The van der Waals surface area contributed by atoms with Crippen molar-refractivity contribution in [3.8, 4) is 11.3 Å². The van der Waals surface area contributed by atoms with Crippen molar-refractivity contribution >= 4 is 10.9 Å². The van der Waals surface area contributed by atoms with Gasteiger partial charge in [0.25, 0.3) is 0 Å². The molecule has 0 amide bonds. The molecule has 4 nitrogen and oxygen atoms in total. The summed E-state index contributed by atoms with van der Waals surface area (Å²) in [5.41, 5.74) is 9.29. The van der Waals surface area contributed by atoms with Crippen LogP contribution in [0.1, 0.15) is 19.2 Å². The van der Waals surface area contributed by atoms with E-state index >= 15 is 0 Å². The van der Waals surface area contributed by atoms with Gasteiger partial charge in [-0.2, -0.15) is 0 Å². The topological polar surface area (TPSA) is 59.6 Å². The van der Waals surface area contributed by atoms with Crippen LogP contribution in [0.3, 0.4) is 0 Å². The van der Waals surface area contributed by atoms with Crippen molar-refractivity contribution in [2.75, 3.05) is 0 Å². The van der Waals surface area contributed by atoms with Gasteiger partial charge in [0, 0.05) is 42.2 Å². The number of imidazole rings is 1. The fraction of sp³-hybridized carbons (Fsp3) is 0.312. The van der Waals surface area contributed by atoms with E-state index in [1.54, 1.807) is 0 Å². The summed E-state index contributed by atoms with van der Waals surface area (Å²) in [5, 5.41) is 1.25. The van der Waals surface area contributed by atoms with Gasteiger partial charge in [0.2, 0.25) is 0 Å². The van der Waals surface area contributed by atoms with Crippen LogP contribution in [-0.4, -0.2) is 20.6 Å². The zero-order chi connectivity index (χ0) is 14.1. The summed E-state index contributed by atoms with van der Waals surface area (Å²) >= 11 is 0. The second kappa shape index (κ2) is 5.13. The Bertz CT molecular complexity index is 721. The normalized spacial score (nSPS) is 12.9. The van der Waals surface area contributed by atoms with Gasteiger partial charge in [-0.3, -0.25) is 0 Å². The number of aromatic amines is 1. The van der Waals surface area contributed by atoms with Crippen LogP contribution in [0.4, 0.5) is 0 Å². The van der Waals surface area contributed by atoms with E-state index in [1.807, 2.05) is 13.1 Å². The molecule has 3 N–H and O–H groups in total. The number of aromatic nitrogens is 3. The molecule has 0 bridgehead atoms. The molecule has 0 spiro atoms. The van der Waals surface area contributed by atoms with E-state index in [0.29, 0.717) is 0 Å². The van der Waals surface area contributed by atoms with Gasteiger partial charge in [0.05, 0.1) is 11.9 Å². The molecule has 0 aliphatic carbocycles. The molecule has 3 aromatic rings. The van der Waals surface area contributed by atoms with E-state index in [1.165, 1.54) is 16.5 Å². The van der Waals surface area contributed by atoms with Crippen molar-refractivity contribution in [3.05, 3.63) is 42.5 Å². The first kappa shape index (κ1) is 12.9. The number of benzene rings is 1. The number of H-pyrrole nitrogens is 1. The first-order valence-electron chi connectivity index (χ1n) is 6.99. The van der Waals surface area contributed by atoms with Gasteiger partial charge >= 0.3 is 0 Å². The first-order chi connectivity index (χ1) is 9.65. The fourth-order valence-electron chi connectivity index (χ4n) is 2.55. The average molecular weight is 268 g/mol. The second-order valence-corrected chi connectivity index (χ2v) is 5.43. The van der Waals surface area contributed by atoms with Crippen molar-refractivity contribution in [3.63, 3.8) is 0 Å². The van der Waals surface area contributed by atoms with Gasteiger partial charge in [-0.1, -0.05) is 18.2 Å². The Morgan fingerprint density at radius 2 is 2.15 bits per heavy atom. The molecule has 1 unspecified atom stereocenters. The largest absolute Gasteiger partial charge is 0.350 e. The summed E-state index contributed by atoms with van der Waals surface area (Å²) in [4.78, 5) is 7.87. The highest BCUT2D eigenvalue weighted by Gasteiger charge is 2.10. The van der Waals surface area contributed by atoms with Gasteiger partial charge in [0.15, 0.2) is 0 Å². The molecule has 0 aliphatic heterocycles. The van der Waals surface area contributed by atoms with Crippen LogP contribution in [0.25, 0.3) is 22.2 Å². The number of para-hydroxylation sites is 1. The van der Waals surface area contributed by atoms with E-state index in [4.69, 9.17) is 5.73 Å². The highest BCUT2D eigenvalue weighted by molar-refractivity contribution is 5.95. The lowest BCUT2D eigenvalue weighted by atomic mass is 10.1. The summed E-state index contributed by atoms with van der Waals surface area (Å²) in [5.74, 6) is 1.00. The molecule has 20 heavy (non-hydrogen) atoms. The van der Waals surface area contributed by atoms with E-state index in [2.05, 4.69) is 52.0 Å². The Kier molecular flexibility index (Phi) is 3.32. The molecular weight excluding hydrogens is 248 g/mol. The molecule has 1 aromatic carbocycles. The lowest BCUT2D eigenvalue weighted by Crippen LogP contribution is -2.15. The third-order valence-electron chi connectivity index (χ3n) is 3.65. The van der Waals surface area contributed by atoms with E-state index in [9.17, 15) is 0 Å². The van der Waals surface area contributed by atoms with Crippen LogP contribution in [-0.2, 0) is 13.5 Å². The minimum atomic E-state index is 0.209. The standard InChI is InChI=1S/C16H20N4/c1-11(17)7-8-16-18-9-14(19-16)13-10-20(2)15-6-4-3-5-12(13)15/h3-6,9-11H,7-8,17H2,1-2H3,(H,18,19). The summed E-state index contributed by atoms with van der Waals surface area (Å²) in [6.45, 7) is 2.02. The number of fused-ring (bicyclic) bond motifs is 1. The minimum Gasteiger partial charge on any atom is -0.350 e. The van der Waals surface area contributed by atoms with E-state index < -0.39 is 0 Å². The Morgan fingerprint density at radius 1 is 1.35 bits per heavy atom. The van der Waals surface area contributed by atoms with Gasteiger partial charge in [-0.25, -0.2) is 4.98 Å². The number of rotatable bonds is 4. The lowest BCUT2D eigenvalue weighted by molar-refractivity contribution is 0.652. The first-order valence-corrected chi connectivity index (χ1v) is 6.99. The number of nitrogens with zero attached hydrogens (tertiary/aromatic N) is 2. The van der Waals surface area contributed by atoms with E-state index in [0.717, 1.165) is 24.4 Å². The van der Waals surface area contributed by atoms with Crippen LogP contribution < -0.4 is 5.73 Å². The molecule has 4 heteroatoms. The smallest absolute Gasteiger partial charge is 0.106 e. The third kappa shape index (κ3) is 2.34. The fourth-order valence-corrected chi connectivity index (χ4v) is 2.55. The lowest BCUT2D eigenvalue weighted by Gasteiger charge is -2.01. The van der Waals surface area contributed by atoms with Crippen molar-refractivity contribution in [1.29, 1.82) is 0 Å². The molecular formula is C16H20N4. The SMILES string of the molecule is CC(N)CCc1ncc(-c2cn(C)c3ccccc23)[nH]1. The molecule has 0 saturated heterocycles. The number of nitrogens with two attached hydrogens (primary N) is 1. The molecule has 104 valence electrons. The molecule has 2 heterocycles. The van der Waals surface area contributed by atoms with Crippen LogP contribution in [0.2, 0.25) is 0 Å². The maximum Gasteiger partial charge on any atom is 0.106 e. The van der Waals surface area contributed by atoms with Crippen LogP contribution in [0.15, 0.2) is 36.7 Å². The Balaban J connectivity index is 1.95. The molecule has 3 rings (SSSR count). The summed E-state index contributed by atoms with van der Waals surface area (Å²) in [6.07, 6.45) is 5.90. The highest BCUT2D eigenvalue weighted by Crippen LogP contribution is 2.28. The molecule has 2 aromatic heterocycles. The third-order valence-corrected chi connectivity index (χ3v) is 3.65. The van der Waals surface area contributed by atoms with Crippen molar-refractivity contribution in [1.82, 2.24) is 14.5 Å². The van der Waals surface area contributed by atoms with Gasteiger partial charge in [0.1, 0.15) is 5.82 Å². The Labute approximate surface area is 118 Å². The van der Waals surface area contributed by atoms with Crippen LogP contribution >= 0.6 is 0 Å². The van der Waals surface area contributed by atoms with Gasteiger partial charge in [-0.05, 0) is 19.4 Å². The maximum absolute atomic E-state index is 5.79. The number of hydrogen-bond donors (Lipinski definition) is 2. The number of nitrogens with one attached hydrogen (secondary N) is 1. The zero-order valence-electron chi connectivity index (χ0n) is 11.9. The van der Waals surface area contributed by atoms with Crippen LogP contribution in [0, 0.1) is 0 Å². The quantitative estimate of drug-likeness (QED) is 0.764. The average Bonchev–Trinajstić information content (AvgIpc) is 3.02.